The predicted octanol–water partition coefficient (Wildman–Crippen LogP) is 2.09. The van der Waals surface area contributed by atoms with Crippen molar-refractivity contribution in [3.8, 4) is 5.75 Å². The summed E-state index contributed by atoms with van der Waals surface area (Å²) in [6.07, 6.45) is 6.46. The van der Waals surface area contributed by atoms with Crippen LogP contribution in [0.2, 0.25) is 0 Å². The van der Waals surface area contributed by atoms with Crippen LogP contribution in [0, 0.1) is 17.8 Å². The van der Waals surface area contributed by atoms with Crippen LogP contribution in [0.5, 0.6) is 5.75 Å². The second-order valence-corrected chi connectivity index (χ2v) is 5.86. The molecular weight excluding hydrogens is 282 g/mol. The third-order valence-corrected chi connectivity index (χ3v) is 4.39. The molecule has 0 radical (unpaired) electrons. The van der Waals surface area contributed by atoms with Crippen LogP contribution in [0.4, 0.5) is 0 Å². The zero-order valence-electron chi connectivity index (χ0n) is 12.2. The predicted molar refractivity (Wildman–Crippen MR) is 80.8 cm³/mol. The zero-order chi connectivity index (χ0) is 15.5. The van der Waals surface area contributed by atoms with E-state index in [1.165, 1.54) is 12.1 Å². The van der Waals surface area contributed by atoms with Gasteiger partial charge in [-0.1, -0.05) is 12.2 Å². The van der Waals surface area contributed by atoms with Crippen LogP contribution in [-0.4, -0.2) is 30.1 Å². The molecule has 0 aromatic heterocycles. The van der Waals surface area contributed by atoms with Gasteiger partial charge in [-0.05, 0) is 48.9 Å². The van der Waals surface area contributed by atoms with Gasteiger partial charge in [-0.15, -0.1) is 0 Å². The van der Waals surface area contributed by atoms with E-state index in [9.17, 15) is 9.59 Å². The fourth-order valence-electron chi connectivity index (χ4n) is 3.25. The summed E-state index contributed by atoms with van der Waals surface area (Å²) >= 11 is 0. The Hall–Kier alpha value is -2.30. The summed E-state index contributed by atoms with van der Waals surface area (Å²) < 4.78 is 5.49. The summed E-state index contributed by atoms with van der Waals surface area (Å²) in [7, 11) is 0. The van der Waals surface area contributed by atoms with E-state index in [0.29, 0.717) is 30.7 Å². The summed E-state index contributed by atoms with van der Waals surface area (Å²) in [5.74, 6) is 0.867. The molecule has 1 aromatic carbocycles. The minimum absolute atomic E-state index is 0.113. The lowest BCUT2D eigenvalue weighted by Gasteiger charge is -2.17. The van der Waals surface area contributed by atoms with Gasteiger partial charge in [0, 0.05) is 5.92 Å². The highest BCUT2D eigenvalue weighted by molar-refractivity contribution is 5.87. The second-order valence-electron chi connectivity index (χ2n) is 5.86. The van der Waals surface area contributed by atoms with E-state index < -0.39 is 5.97 Å². The lowest BCUT2D eigenvalue weighted by Crippen LogP contribution is -2.35. The molecule has 2 bridgehead atoms. The summed E-state index contributed by atoms with van der Waals surface area (Å²) in [5.41, 5.74) is 0.227. The third kappa shape index (κ3) is 3.13. The molecule has 3 rings (SSSR count). The van der Waals surface area contributed by atoms with Gasteiger partial charge in [0.25, 0.3) is 0 Å². The lowest BCUT2D eigenvalue weighted by molar-refractivity contribution is -0.125. The van der Waals surface area contributed by atoms with Gasteiger partial charge in [-0.2, -0.15) is 0 Å². The van der Waals surface area contributed by atoms with E-state index in [1.54, 1.807) is 12.1 Å². The third-order valence-electron chi connectivity index (χ3n) is 4.39. The van der Waals surface area contributed by atoms with Gasteiger partial charge >= 0.3 is 5.97 Å². The molecule has 116 valence electrons. The van der Waals surface area contributed by atoms with E-state index in [2.05, 4.69) is 17.5 Å². The molecule has 0 spiro atoms. The van der Waals surface area contributed by atoms with Crippen molar-refractivity contribution in [3.63, 3.8) is 0 Å². The molecule has 2 aliphatic carbocycles. The average molecular weight is 301 g/mol. The number of aromatic carboxylic acids is 1. The number of carboxylic acids is 1. The van der Waals surface area contributed by atoms with Crippen molar-refractivity contribution in [3.05, 3.63) is 42.0 Å². The Labute approximate surface area is 129 Å². The molecule has 0 heterocycles. The molecule has 5 nitrogen and oxygen atoms in total. The highest BCUT2D eigenvalue weighted by Crippen LogP contribution is 2.43. The molecule has 1 amide bonds. The Kier molecular flexibility index (Phi) is 4.13. The van der Waals surface area contributed by atoms with Crippen LogP contribution in [-0.2, 0) is 4.79 Å². The van der Waals surface area contributed by atoms with Crippen LogP contribution in [0.1, 0.15) is 23.2 Å². The van der Waals surface area contributed by atoms with Gasteiger partial charge in [0.2, 0.25) is 5.91 Å². The van der Waals surface area contributed by atoms with E-state index in [1.807, 2.05) is 0 Å². The van der Waals surface area contributed by atoms with Crippen molar-refractivity contribution in [2.45, 2.75) is 12.8 Å². The van der Waals surface area contributed by atoms with Gasteiger partial charge in [0.15, 0.2) is 0 Å². The number of rotatable bonds is 6. The fraction of sp³-hybridized carbons (Fsp3) is 0.412. The van der Waals surface area contributed by atoms with E-state index in [-0.39, 0.29) is 17.4 Å². The molecule has 2 N–H and O–H groups in total. The molecule has 1 fully saturated rings. The first-order chi connectivity index (χ1) is 10.6. The van der Waals surface area contributed by atoms with Crippen molar-refractivity contribution in [2.75, 3.05) is 13.2 Å². The molecule has 0 aliphatic heterocycles. The highest BCUT2D eigenvalue weighted by Gasteiger charge is 2.39. The average Bonchev–Trinajstić information content (AvgIpc) is 3.14. The molecule has 5 heteroatoms. The van der Waals surface area contributed by atoms with Crippen molar-refractivity contribution in [1.29, 1.82) is 0 Å². The molecule has 22 heavy (non-hydrogen) atoms. The van der Waals surface area contributed by atoms with E-state index >= 15 is 0 Å². The summed E-state index contributed by atoms with van der Waals surface area (Å²) in [4.78, 5) is 22.8. The molecule has 1 aromatic rings. The second kappa shape index (κ2) is 6.22. The number of hydrogen-bond donors (Lipinski definition) is 2. The molecule has 2 aliphatic rings. The minimum atomic E-state index is -0.960. The Bertz CT molecular complexity index is 593. The molecule has 1 saturated carbocycles. The summed E-state index contributed by atoms with van der Waals surface area (Å²) in [6, 6.07) is 6.23. The normalized spacial score (nSPS) is 25.2. The minimum Gasteiger partial charge on any atom is -0.492 e. The van der Waals surface area contributed by atoms with Crippen LogP contribution < -0.4 is 10.1 Å². The SMILES string of the molecule is O=C(O)c1ccc(OCCNC(=O)C2CC3C=CC2C3)cc1. The van der Waals surface area contributed by atoms with E-state index in [0.717, 1.165) is 12.8 Å². The number of ether oxygens (including phenoxy) is 1. The lowest BCUT2D eigenvalue weighted by atomic mass is 9.93. The van der Waals surface area contributed by atoms with Crippen LogP contribution in [0.25, 0.3) is 0 Å². The Morgan fingerprint density at radius 2 is 1.95 bits per heavy atom. The van der Waals surface area contributed by atoms with E-state index in [4.69, 9.17) is 9.84 Å². The number of benzene rings is 1. The van der Waals surface area contributed by atoms with Gasteiger partial charge in [-0.25, -0.2) is 4.79 Å². The van der Waals surface area contributed by atoms with Gasteiger partial charge in [0.05, 0.1) is 12.1 Å². The number of carbonyl (C=O) groups excluding carboxylic acids is 1. The maximum atomic E-state index is 12.1. The first kappa shape index (κ1) is 14.6. The number of amides is 1. The largest absolute Gasteiger partial charge is 0.492 e. The zero-order valence-corrected chi connectivity index (χ0v) is 12.2. The molecule has 3 atom stereocenters. The maximum absolute atomic E-state index is 12.1. The summed E-state index contributed by atoms with van der Waals surface area (Å²) in [6.45, 7) is 0.825. The number of hydrogen-bond acceptors (Lipinski definition) is 3. The quantitative estimate of drug-likeness (QED) is 0.623. The first-order valence-electron chi connectivity index (χ1n) is 7.55. The molecule has 0 saturated heterocycles. The van der Waals surface area contributed by atoms with Crippen LogP contribution >= 0.6 is 0 Å². The van der Waals surface area contributed by atoms with Crippen molar-refractivity contribution in [1.82, 2.24) is 5.32 Å². The van der Waals surface area contributed by atoms with Crippen molar-refractivity contribution in [2.24, 2.45) is 17.8 Å². The summed E-state index contributed by atoms with van der Waals surface area (Å²) in [5, 5.41) is 11.7. The van der Waals surface area contributed by atoms with Gasteiger partial charge < -0.3 is 15.2 Å². The standard InChI is InChI=1S/C17H19NO4/c19-16(15-10-11-1-2-13(15)9-11)18-7-8-22-14-5-3-12(4-6-14)17(20)21/h1-6,11,13,15H,7-10H2,(H,18,19)(H,20,21). The van der Waals surface area contributed by atoms with Gasteiger partial charge in [0.1, 0.15) is 12.4 Å². The maximum Gasteiger partial charge on any atom is 0.335 e. The number of fused-ring (bicyclic) bond motifs is 2. The Morgan fingerprint density at radius 3 is 2.55 bits per heavy atom. The number of carboxylic acid groups (broad SMARTS) is 1. The first-order valence-corrected chi connectivity index (χ1v) is 7.55. The van der Waals surface area contributed by atoms with Gasteiger partial charge in [-0.3, -0.25) is 4.79 Å². The van der Waals surface area contributed by atoms with Crippen molar-refractivity contribution < 1.29 is 19.4 Å². The Morgan fingerprint density at radius 1 is 1.18 bits per heavy atom. The molecule has 3 unspecified atom stereocenters. The monoisotopic (exact) mass is 301 g/mol. The number of nitrogens with one attached hydrogen (secondary N) is 1. The Balaban J connectivity index is 1.39. The number of allylic oxidation sites excluding steroid dienone is 2. The smallest absolute Gasteiger partial charge is 0.335 e. The number of carbonyl (C=O) groups is 2. The van der Waals surface area contributed by atoms with Crippen LogP contribution in [0.15, 0.2) is 36.4 Å². The molecular formula is C17H19NO4. The fourth-order valence-corrected chi connectivity index (χ4v) is 3.25. The topological polar surface area (TPSA) is 75.6 Å². The van der Waals surface area contributed by atoms with Crippen molar-refractivity contribution >= 4 is 11.9 Å². The highest BCUT2D eigenvalue weighted by atomic mass is 16.5. The van der Waals surface area contributed by atoms with Crippen LogP contribution in [0.3, 0.4) is 0 Å².